The molecule has 25 heavy (non-hydrogen) atoms. The van der Waals surface area contributed by atoms with Crippen LogP contribution in [0.2, 0.25) is 0 Å². The van der Waals surface area contributed by atoms with Gasteiger partial charge in [-0.1, -0.05) is 18.2 Å². The number of fused-ring (bicyclic) bond motifs is 3. The van der Waals surface area contributed by atoms with Gasteiger partial charge in [-0.15, -0.1) is 11.3 Å². The van der Waals surface area contributed by atoms with Crippen molar-refractivity contribution in [3.8, 4) is 0 Å². The molecular weight excluding hydrogens is 338 g/mol. The molecule has 0 spiro atoms. The lowest BCUT2D eigenvalue weighted by molar-refractivity contribution is -0.135. The van der Waals surface area contributed by atoms with Gasteiger partial charge >= 0.3 is 5.97 Å². The zero-order chi connectivity index (χ0) is 17.4. The number of carbonyl (C=O) groups is 1. The second-order valence-electron chi connectivity index (χ2n) is 6.14. The van der Waals surface area contributed by atoms with Crippen LogP contribution in [-0.2, 0) is 24.2 Å². The van der Waals surface area contributed by atoms with Gasteiger partial charge in [-0.25, -0.2) is 4.98 Å². The molecule has 0 amide bonds. The largest absolute Gasteiger partial charge is 0.480 e. The van der Waals surface area contributed by atoms with E-state index in [0.29, 0.717) is 11.2 Å². The molecule has 2 N–H and O–H groups in total. The van der Waals surface area contributed by atoms with Crippen molar-refractivity contribution in [2.75, 3.05) is 11.4 Å². The van der Waals surface area contributed by atoms with Crippen LogP contribution in [0.1, 0.15) is 22.7 Å². The Morgan fingerprint density at radius 1 is 1.28 bits per heavy atom. The highest BCUT2D eigenvalue weighted by Crippen LogP contribution is 2.34. The fourth-order valence-corrected chi connectivity index (χ4v) is 4.62. The van der Waals surface area contributed by atoms with Crippen LogP contribution in [0.3, 0.4) is 0 Å². The Kier molecular flexibility index (Phi) is 4.01. The molecule has 1 aliphatic carbocycles. The van der Waals surface area contributed by atoms with Crippen LogP contribution in [0.15, 0.2) is 35.1 Å². The van der Waals surface area contributed by atoms with E-state index in [1.807, 2.05) is 30.3 Å². The number of H-pyrrole nitrogens is 1. The number of benzene rings is 1. The van der Waals surface area contributed by atoms with Crippen LogP contribution in [-0.4, -0.2) is 27.6 Å². The van der Waals surface area contributed by atoms with Gasteiger partial charge in [0.1, 0.15) is 17.2 Å². The Morgan fingerprint density at radius 3 is 2.84 bits per heavy atom. The van der Waals surface area contributed by atoms with Crippen LogP contribution >= 0.6 is 11.3 Å². The molecule has 0 bridgehead atoms. The zero-order valence-corrected chi connectivity index (χ0v) is 14.3. The van der Waals surface area contributed by atoms with Crippen LogP contribution < -0.4 is 10.5 Å². The van der Waals surface area contributed by atoms with Crippen LogP contribution in [0, 0.1) is 0 Å². The van der Waals surface area contributed by atoms with Crippen molar-refractivity contribution < 1.29 is 9.90 Å². The van der Waals surface area contributed by atoms with Gasteiger partial charge in [0.15, 0.2) is 0 Å². The quantitative estimate of drug-likeness (QED) is 0.735. The summed E-state index contributed by atoms with van der Waals surface area (Å²) in [6.45, 7) is 0.0801. The van der Waals surface area contributed by atoms with Gasteiger partial charge < -0.3 is 15.0 Å². The van der Waals surface area contributed by atoms with Crippen LogP contribution in [0.25, 0.3) is 10.2 Å². The number of nitrogens with one attached hydrogen (secondary N) is 1. The topological polar surface area (TPSA) is 86.3 Å². The molecule has 128 valence electrons. The summed E-state index contributed by atoms with van der Waals surface area (Å²) in [6.07, 6.45) is 3.05. The Balaban J connectivity index is 1.71. The normalized spacial score (nSPS) is 13.1. The maximum absolute atomic E-state index is 12.5. The smallest absolute Gasteiger partial charge is 0.323 e. The third kappa shape index (κ3) is 3.02. The Bertz CT molecular complexity index is 994. The van der Waals surface area contributed by atoms with Gasteiger partial charge in [-0.2, -0.15) is 0 Å². The molecule has 0 saturated carbocycles. The summed E-state index contributed by atoms with van der Waals surface area (Å²) in [5, 5.41) is 9.91. The van der Waals surface area contributed by atoms with Crippen molar-refractivity contribution in [3.63, 3.8) is 0 Å². The van der Waals surface area contributed by atoms with Crippen LogP contribution in [0.4, 0.5) is 5.69 Å². The van der Waals surface area contributed by atoms with Crippen molar-refractivity contribution in [1.82, 2.24) is 9.97 Å². The zero-order valence-electron chi connectivity index (χ0n) is 13.5. The number of aromatic nitrogens is 2. The molecule has 0 aliphatic heterocycles. The molecule has 0 radical (unpaired) electrons. The third-order valence-corrected chi connectivity index (χ3v) is 5.60. The predicted molar refractivity (Wildman–Crippen MR) is 97.4 cm³/mol. The second-order valence-corrected chi connectivity index (χ2v) is 7.22. The predicted octanol–water partition coefficient (Wildman–Crippen LogP) is 2.56. The molecule has 4 rings (SSSR count). The Hall–Kier alpha value is -2.67. The Morgan fingerprint density at radius 2 is 2.08 bits per heavy atom. The standard InChI is InChI=1S/C18H17N3O3S/c22-15(23)10-21(11-5-2-1-3-6-11)9-14-19-17(24)16-12-7-4-8-13(12)25-18(16)20-14/h1-3,5-6H,4,7-10H2,(H,22,23)(H,19,20,24). The van der Waals surface area contributed by atoms with Gasteiger partial charge in [-0.05, 0) is 37.0 Å². The molecular formula is C18H17N3O3S. The van der Waals surface area contributed by atoms with Crippen molar-refractivity contribution in [2.24, 2.45) is 0 Å². The Labute approximate surface area is 147 Å². The van der Waals surface area contributed by atoms with Crippen molar-refractivity contribution >= 4 is 33.2 Å². The van der Waals surface area contributed by atoms with E-state index in [-0.39, 0.29) is 18.6 Å². The number of hydrogen-bond acceptors (Lipinski definition) is 5. The first-order valence-electron chi connectivity index (χ1n) is 8.17. The SMILES string of the molecule is O=C(O)CN(Cc1nc2sc3c(c2c(=O)[nH]1)CCC3)c1ccccc1. The van der Waals surface area contributed by atoms with Crippen molar-refractivity contribution in [1.29, 1.82) is 0 Å². The van der Waals surface area contributed by atoms with Gasteiger partial charge in [0.25, 0.3) is 5.56 Å². The molecule has 3 aromatic rings. The average molecular weight is 355 g/mol. The van der Waals surface area contributed by atoms with E-state index in [0.717, 1.165) is 35.3 Å². The van der Waals surface area contributed by atoms with E-state index >= 15 is 0 Å². The summed E-state index contributed by atoms with van der Waals surface area (Å²) < 4.78 is 0. The van der Waals surface area contributed by atoms with Crippen molar-refractivity contribution in [2.45, 2.75) is 25.8 Å². The number of hydrogen-bond donors (Lipinski definition) is 2. The third-order valence-electron chi connectivity index (χ3n) is 4.41. The number of aromatic amines is 1. The first kappa shape index (κ1) is 15.8. The lowest BCUT2D eigenvalue weighted by Gasteiger charge is -2.22. The molecule has 0 fully saturated rings. The van der Waals surface area contributed by atoms with E-state index in [2.05, 4.69) is 9.97 Å². The van der Waals surface area contributed by atoms with E-state index in [1.165, 1.54) is 4.88 Å². The monoisotopic (exact) mass is 355 g/mol. The molecule has 2 aromatic heterocycles. The summed E-state index contributed by atoms with van der Waals surface area (Å²) in [4.78, 5) is 34.9. The minimum Gasteiger partial charge on any atom is -0.480 e. The highest BCUT2D eigenvalue weighted by molar-refractivity contribution is 7.18. The summed E-state index contributed by atoms with van der Waals surface area (Å²) in [5.74, 6) is -0.440. The van der Waals surface area contributed by atoms with E-state index < -0.39 is 5.97 Å². The highest BCUT2D eigenvalue weighted by Gasteiger charge is 2.21. The van der Waals surface area contributed by atoms with Gasteiger partial charge in [0.2, 0.25) is 0 Å². The number of anilines is 1. The number of rotatable bonds is 5. The number of aliphatic carboxylic acids is 1. The van der Waals surface area contributed by atoms with Gasteiger partial charge in [0.05, 0.1) is 11.9 Å². The fourth-order valence-electron chi connectivity index (χ4n) is 3.34. The lowest BCUT2D eigenvalue weighted by Crippen LogP contribution is -2.30. The van der Waals surface area contributed by atoms with Gasteiger partial charge in [0, 0.05) is 10.6 Å². The number of carboxylic acids is 1. The first-order chi connectivity index (χ1) is 12.1. The molecule has 0 atom stereocenters. The maximum Gasteiger partial charge on any atom is 0.323 e. The summed E-state index contributed by atoms with van der Waals surface area (Å²) in [7, 11) is 0. The number of carboxylic acid groups (broad SMARTS) is 1. The minimum atomic E-state index is -0.928. The van der Waals surface area contributed by atoms with E-state index in [1.54, 1.807) is 16.2 Å². The fraction of sp³-hybridized carbons (Fsp3) is 0.278. The molecule has 0 unspecified atom stereocenters. The summed E-state index contributed by atoms with van der Waals surface area (Å²) >= 11 is 1.59. The molecule has 7 heteroatoms. The van der Waals surface area contributed by atoms with E-state index in [9.17, 15) is 14.7 Å². The second kappa shape index (κ2) is 6.33. The summed E-state index contributed by atoms with van der Waals surface area (Å²) in [5.41, 5.74) is 1.80. The molecule has 1 aliphatic rings. The van der Waals surface area contributed by atoms with E-state index in [4.69, 9.17) is 0 Å². The molecule has 0 saturated heterocycles. The number of thiophene rings is 1. The number of para-hydroxylation sites is 1. The lowest BCUT2D eigenvalue weighted by atomic mass is 10.2. The molecule has 6 nitrogen and oxygen atoms in total. The first-order valence-corrected chi connectivity index (χ1v) is 8.98. The maximum atomic E-state index is 12.5. The van der Waals surface area contributed by atoms with Crippen molar-refractivity contribution in [3.05, 3.63) is 57.0 Å². The number of nitrogens with zero attached hydrogens (tertiary/aromatic N) is 2. The minimum absolute atomic E-state index is 0.122. The highest BCUT2D eigenvalue weighted by atomic mass is 32.1. The molecule has 2 heterocycles. The van der Waals surface area contributed by atoms with Gasteiger partial charge in [-0.3, -0.25) is 9.59 Å². The molecule has 1 aromatic carbocycles. The number of aryl methyl sites for hydroxylation is 2. The average Bonchev–Trinajstić information content (AvgIpc) is 3.15. The summed E-state index contributed by atoms with van der Waals surface area (Å²) in [6, 6.07) is 9.28. The van der Waals surface area contributed by atoms with Crippen LogP contribution in [0.5, 0.6) is 0 Å².